The third kappa shape index (κ3) is 19.4. The summed E-state index contributed by atoms with van der Waals surface area (Å²) >= 11 is 0. The molecule has 1 rings (SSSR count). The normalized spacial score (nSPS) is 30.3. The van der Waals surface area contributed by atoms with Crippen LogP contribution in [-0.4, -0.2) is 42.7 Å². The Balaban J connectivity index is 3.15. The van der Waals surface area contributed by atoms with Crippen LogP contribution < -0.4 is 5.32 Å². The summed E-state index contributed by atoms with van der Waals surface area (Å²) in [7, 11) is 1.76. The van der Waals surface area contributed by atoms with Crippen LogP contribution in [-0.2, 0) is 14.3 Å². The molecule has 0 radical (unpaired) electrons. The van der Waals surface area contributed by atoms with E-state index in [0.29, 0.717) is 36.5 Å². The zero-order valence-corrected chi connectivity index (χ0v) is 36.6. The van der Waals surface area contributed by atoms with E-state index in [1.54, 1.807) is 7.11 Å². The number of methoxy groups -OCH3 is 1. The molecule has 54 heavy (non-hydrogen) atoms. The molecular formula is C49H83NO4. The van der Waals surface area contributed by atoms with Gasteiger partial charge >= 0.3 is 0 Å². The van der Waals surface area contributed by atoms with E-state index < -0.39 is 6.10 Å². The molecule has 0 saturated carbocycles. The van der Waals surface area contributed by atoms with Crippen molar-refractivity contribution in [2.24, 2.45) is 41.4 Å². The summed E-state index contributed by atoms with van der Waals surface area (Å²) in [6.45, 7) is 28.9. The molecule has 0 aliphatic carbocycles. The summed E-state index contributed by atoms with van der Waals surface area (Å²) in [6, 6.07) is 0. The summed E-state index contributed by atoms with van der Waals surface area (Å²) in [4.78, 5) is 26.4. The van der Waals surface area contributed by atoms with E-state index in [9.17, 15) is 14.7 Å². The van der Waals surface area contributed by atoms with Gasteiger partial charge in [-0.15, -0.1) is 0 Å². The zero-order chi connectivity index (χ0) is 40.6. The van der Waals surface area contributed by atoms with Crippen molar-refractivity contribution in [3.8, 4) is 0 Å². The second kappa shape index (κ2) is 28.0. The number of nitrogens with one attached hydrogen (secondary N) is 1. The molecule has 2 N–H and O–H groups in total. The molecular weight excluding hydrogens is 667 g/mol. The third-order valence-electron chi connectivity index (χ3n) is 12.3. The highest BCUT2D eigenvalue weighted by Gasteiger charge is 2.24. The van der Waals surface area contributed by atoms with Gasteiger partial charge in [0.05, 0.1) is 12.2 Å². The summed E-state index contributed by atoms with van der Waals surface area (Å²) in [5.74, 6) is 2.18. The van der Waals surface area contributed by atoms with Crippen LogP contribution in [0.4, 0.5) is 0 Å². The topological polar surface area (TPSA) is 75.6 Å². The van der Waals surface area contributed by atoms with Gasteiger partial charge in [-0.2, -0.15) is 0 Å². The van der Waals surface area contributed by atoms with Crippen LogP contribution in [0.15, 0.2) is 71.9 Å². The molecule has 0 aromatic carbocycles. The van der Waals surface area contributed by atoms with E-state index in [4.69, 9.17) is 4.74 Å². The molecule has 308 valence electrons. The van der Waals surface area contributed by atoms with E-state index in [2.05, 4.69) is 110 Å². The van der Waals surface area contributed by atoms with E-state index >= 15 is 0 Å². The molecule has 1 amide bonds. The van der Waals surface area contributed by atoms with Crippen LogP contribution in [0.2, 0.25) is 0 Å². The zero-order valence-electron chi connectivity index (χ0n) is 36.6. The minimum absolute atomic E-state index is 0.0338. The molecule has 0 aromatic heterocycles. The van der Waals surface area contributed by atoms with E-state index in [0.717, 1.165) is 70.6 Å². The molecule has 1 aliphatic rings. The van der Waals surface area contributed by atoms with Gasteiger partial charge < -0.3 is 15.2 Å². The number of unbranched alkanes of at least 4 members (excludes halogenated alkanes) is 1. The van der Waals surface area contributed by atoms with Crippen molar-refractivity contribution in [1.82, 2.24) is 5.32 Å². The van der Waals surface area contributed by atoms with Crippen LogP contribution >= 0.6 is 0 Å². The largest absolute Gasteiger partial charge is 0.388 e. The molecule has 0 spiro atoms. The number of hydrogen-bond donors (Lipinski definition) is 2. The van der Waals surface area contributed by atoms with Crippen molar-refractivity contribution in [1.29, 1.82) is 0 Å². The number of Topliss-reactive ketones (excluding diaryl/α,β-unsaturated/α-hetero) is 1. The average molecular weight is 750 g/mol. The Bertz CT molecular complexity index is 1240. The van der Waals surface area contributed by atoms with E-state index in [1.807, 2.05) is 6.92 Å². The molecule has 0 aromatic rings. The number of ketones is 1. The lowest BCUT2D eigenvalue weighted by molar-refractivity contribution is -0.124. The predicted molar refractivity (Wildman–Crippen MR) is 232 cm³/mol. The van der Waals surface area contributed by atoms with Gasteiger partial charge in [0.2, 0.25) is 5.91 Å². The first-order valence-electron chi connectivity index (χ1n) is 21.7. The van der Waals surface area contributed by atoms with Crippen molar-refractivity contribution in [2.75, 3.05) is 13.7 Å². The molecule has 5 heteroatoms. The molecule has 0 fully saturated rings. The van der Waals surface area contributed by atoms with Crippen LogP contribution in [0, 0.1) is 41.4 Å². The summed E-state index contributed by atoms with van der Waals surface area (Å²) in [5.41, 5.74) is 4.01. The van der Waals surface area contributed by atoms with Gasteiger partial charge in [-0.1, -0.05) is 154 Å². The second-order valence-electron chi connectivity index (χ2n) is 17.1. The van der Waals surface area contributed by atoms with Crippen molar-refractivity contribution in [2.45, 2.75) is 171 Å². The van der Waals surface area contributed by atoms with Crippen molar-refractivity contribution < 1.29 is 19.4 Å². The summed E-state index contributed by atoms with van der Waals surface area (Å²) in [5, 5.41) is 13.9. The van der Waals surface area contributed by atoms with Gasteiger partial charge in [-0.05, 0) is 99.9 Å². The quantitative estimate of drug-likeness (QED) is 0.209. The number of aliphatic hydroxyl groups is 1. The fraction of sp³-hybridized carbons (Fsp3) is 0.714. The van der Waals surface area contributed by atoms with Gasteiger partial charge in [0.15, 0.2) is 0 Å². The number of allylic oxidation sites excluding steroid dienone is 8. The molecule has 7 unspecified atom stereocenters. The Morgan fingerprint density at radius 3 is 2.26 bits per heavy atom. The van der Waals surface area contributed by atoms with E-state index in [1.165, 1.54) is 36.0 Å². The number of carbonyl (C=O) groups is 2. The number of carbonyl (C=O) groups excluding carboxylic acids is 2. The molecule has 9 atom stereocenters. The number of hydrogen-bond acceptors (Lipinski definition) is 4. The molecule has 0 saturated heterocycles. The fourth-order valence-electron chi connectivity index (χ4n) is 7.85. The number of aliphatic hydroxyl groups excluding tert-OH is 1. The van der Waals surface area contributed by atoms with Gasteiger partial charge in [-0.25, -0.2) is 0 Å². The Labute approximate surface area is 333 Å². The highest BCUT2D eigenvalue weighted by molar-refractivity contribution is 5.93. The van der Waals surface area contributed by atoms with Gasteiger partial charge in [0.1, 0.15) is 5.78 Å². The van der Waals surface area contributed by atoms with Crippen LogP contribution in [0.1, 0.15) is 159 Å². The Hall–Kier alpha value is -2.50. The SMILES string of the molecule is C=C1CC(C(C)CCCC)CCCCCNC(=O)C(=C)C(O)C(C)CCCCC(OC)C(C)=CC=CC=C[C@@H](C)C[C@@H](CC)C(=O)CC(C)C(C)=CC1C. The predicted octanol–water partition coefficient (Wildman–Crippen LogP) is 12.5. The first-order chi connectivity index (χ1) is 25.7. The Morgan fingerprint density at radius 1 is 0.907 bits per heavy atom. The Kier molecular flexibility index (Phi) is 25.7. The first kappa shape index (κ1) is 49.5. The van der Waals surface area contributed by atoms with Crippen molar-refractivity contribution in [3.63, 3.8) is 0 Å². The number of ether oxygens (including phenoxy) is 1. The Morgan fingerprint density at radius 2 is 1.59 bits per heavy atom. The number of amides is 1. The van der Waals surface area contributed by atoms with Gasteiger partial charge in [-0.3, -0.25) is 9.59 Å². The standard InChI is InChI=1S/C49H83NO4/c1-13-15-25-36(4)45-28-20-17-23-30-50-49(53)43(11)48(52)38(6)27-21-22-29-47(54-12)37(5)26-19-16-18-24-35(3)31-44(14-2)46(51)34-42(10)40(8)32-39(7)41(9)33-45/h16,18-19,24,26,32,35-36,38-39,42,44-45,47-48,52H,9,11,13-15,17,20-23,25,27-31,33-34H2,1-8,10,12H3,(H,50,53)/t35-,36?,38?,39?,42?,44-,45?,47?,48?/m1/s1. The number of rotatable bonds is 6. The lowest BCUT2D eigenvalue weighted by atomic mass is 9.79. The minimum Gasteiger partial charge on any atom is -0.388 e. The maximum atomic E-state index is 13.5. The van der Waals surface area contributed by atoms with Gasteiger partial charge in [0.25, 0.3) is 0 Å². The maximum Gasteiger partial charge on any atom is 0.249 e. The average Bonchev–Trinajstić information content (AvgIpc) is 3.14. The minimum atomic E-state index is -0.847. The first-order valence-corrected chi connectivity index (χ1v) is 21.7. The van der Waals surface area contributed by atoms with Crippen molar-refractivity contribution >= 4 is 11.7 Å². The second-order valence-corrected chi connectivity index (χ2v) is 17.1. The van der Waals surface area contributed by atoms with E-state index in [-0.39, 0.29) is 41.3 Å². The summed E-state index contributed by atoms with van der Waals surface area (Å²) in [6.07, 6.45) is 27.0. The molecule has 5 nitrogen and oxygen atoms in total. The van der Waals surface area contributed by atoms with Gasteiger partial charge in [0, 0.05) is 31.6 Å². The highest BCUT2D eigenvalue weighted by atomic mass is 16.5. The lowest BCUT2D eigenvalue weighted by Crippen LogP contribution is -2.33. The molecule has 1 heterocycles. The fourth-order valence-corrected chi connectivity index (χ4v) is 7.85. The molecule has 1 aliphatic heterocycles. The smallest absolute Gasteiger partial charge is 0.249 e. The maximum absolute atomic E-state index is 13.5. The highest BCUT2D eigenvalue weighted by Crippen LogP contribution is 2.33. The van der Waals surface area contributed by atoms with Crippen LogP contribution in [0.5, 0.6) is 0 Å². The third-order valence-corrected chi connectivity index (χ3v) is 12.3. The van der Waals surface area contributed by atoms with Crippen molar-refractivity contribution in [3.05, 3.63) is 71.9 Å². The summed E-state index contributed by atoms with van der Waals surface area (Å²) < 4.78 is 5.80. The lowest BCUT2D eigenvalue weighted by Gasteiger charge is -2.27. The monoisotopic (exact) mass is 750 g/mol. The molecule has 0 bridgehead atoms. The van der Waals surface area contributed by atoms with Crippen LogP contribution in [0.3, 0.4) is 0 Å². The van der Waals surface area contributed by atoms with Crippen LogP contribution in [0.25, 0.3) is 0 Å².